The van der Waals surface area contributed by atoms with Crippen molar-refractivity contribution < 1.29 is 28.2 Å². The molecule has 0 radical (unpaired) electrons. The van der Waals surface area contributed by atoms with E-state index in [2.05, 4.69) is 5.32 Å². The van der Waals surface area contributed by atoms with Crippen LogP contribution in [0.4, 0.5) is 8.78 Å². The molecule has 1 atom stereocenters. The molecule has 2 rings (SSSR count). The second-order valence-corrected chi connectivity index (χ2v) is 4.42. The average Bonchev–Trinajstić information content (AvgIpc) is 2.54. The van der Waals surface area contributed by atoms with E-state index in [-0.39, 0.29) is 0 Å². The van der Waals surface area contributed by atoms with Gasteiger partial charge < -0.3 is 9.84 Å². The van der Waals surface area contributed by atoms with Crippen molar-refractivity contribution in [3.8, 4) is 0 Å². The van der Waals surface area contributed by atoms with E-state index >= 15 is 0 Å². The Morgan fingerprint density at radius 2 is 1.90 bits per heavy atom. The Hall–Kier alpha value is -2.44. The number of hydrogen-bond donors (Lipinski definition) is 2. The number of rotatable bonds is 2. The monoisotopic (exact) mass is 283 g/mol. The van der Waals surface area contributed by atoms with Crippen LogP contribution in [-0.2, 0) is 19.9 Å². The summed E-state index contributed by atoms with van der Waals surface area (Å²) in [4.78, 5) is 22.9. The second-order valence-electron chi connectivity index (χ2n) is 4.42. The van der Waals surface area contributed by atoms with Gasteiger partial charge >= 0.3 is 0 Å². The molecule has 2 N–H and O–H groups in total. The minimum Gasteiger partial charge on any atom is -0.501 e. The Morgan fingerprint density at radius 1 is 1.35 bits per heavy atom. The first-order valence-corrected chi connectivity index (χ1v) is 5.66. The highest BCUT2D eigenvalue weighted by molar-refractivity contribution is 6.03. The van der Waals surface area contributed by atoms with Gasteiger partial charge in [0.15, 0.2) is 0 Å². The zero-order chi connectivity index (χ0) is 15.1. The number of benzene rings is 1. The largest absolute Gasteiger partial charge is 0.501 e. The third-order valence-electron chi connectivity index (χ3n) is 2.90. The van der Waals surface area contributed by atoms with Crippen molar-refractivity contribution >= 4 is 11.7 Å². The molecule has 0 fully saturated rings. The number of amides is 1. The molecule has 5 nitrogen and oxygen atoms in total. The van der Waals surface area contributed by atoms with Crippen molar-refractivity contribution in [3.63, 3.8) is 0 Å². The number of ether oxygens (including phenoxy) is 1. The van der Waals surface area contributed by atoms with E-state index in [1.54, 1.807) is 0 Å². The van der Waals surface area contributed by atoms with Gasteiger partial charge in [-0.3, -0.25) is 14.9 Å². The molecular weight excluding hydrogens is 272 g/mol. The molecule has 0 aliphatic carbocycles. The summed E-state index contributed by atoms with van der Waals surface area (Å²) in [5, 5.41) is 11.7. The smallest absolute Gasteiger partial charge is 0.250 e. The SMILES string of the molecule is CC(=O)NC1=C(O)C(=O)C(C)(c2c(F)cccc2F)O1. The molecule has 0 aromatic heterocycles. The minimum absolute atomic E-state index is 0.521. The Balaban J connectivity index is 2.49. The lowest BCUT2D eigenvalue weighted by Gasteiger charge is -2.24. The van der Waals surface area contributed by atoms with Crippen molar-refractivity contribution in [2.45, 2.75) is 19.4 Å². The molecule has 1 unspecified atom stereocenters. The topological polar surface area (TPSA) is 75.6 Å². The van der Waals surface area contributed by atoms with Crippen LogP contribution in [0.3, 0.4) is 0 Å². The summed E-state index contributed by atoms with van der Waals surface area (Å²) in [6, 6.07) is 3.07. The fourth-order valence-corrected chi connectivity index (χ4v) is 1.99. The quantitative estimate of drug-likeness (QED) is 0.865. The zero-order valence-corrected chi connectivity index (χ0v) is 10.7. The number of aliphatic hydroxyl groups is 1. The summed E-state index contributed by atoms with van der Waals surface area (Å²) in [5.74, 6) is -5.02. The lowest BCUT2D eigenvalue weighted by atomic mass is 9.90. The molecule has 1 aliphatic heterocycles. The van der Waals surface area contributed by atoms with Crippen molar-refractivity contribution in [2.75, 3.05) is 0 Å². The van der Waals surface area contributed by atoms with E-state index in [1.165, 1.54) is 0 Å². The molecule has 1 aliphatic rings. The zero-order valence-electron chi connectivity index (χ0n) is 10.7. The van der Waals surface area contributed by atoms with Crippen LogP contribution in [0, 0.1) is 11.6 Å². The summed E-state index contributed by atoms with van der Waals surface area (Å²) in [5.41, 5.74) is -2.70. The maximum Gasteiger partial charge on any atom is 0.250 e. The number of aliphatic hydroxyl groups excluding tert-OH is 1. The van der Waals surface area contributed by atoms with Crippen molar-refractivity contribution in [1.82, 2.24) is 5.32 Å². The summed E-state index contributed by atoms with van der Waals surface area (Å²) in [7, 11) is 0. The molecule has 0 bridgehead atoms. The first kappa shape index (κ1) is 14.0. The fraction of sp³-hybridized carbons (Fsp3) is 0.231. The molecule has 0 spiro atoms. The van der Waals surface area contributed by atoms with E-state index in [0.717, 1.165) is 32.0 Å². The van der Waals surface area contributed by atoms with Gasteiger partial charge in [-0.05, 0) is 19.1 Å². The average molecular weight is 283 g/mol. The molecule has 106 valence electrons. The van der Waals surface area contributed by atoms with Gasteiger partial charge in [-0.15, -0.1) is 0 Å². The summed E-state index contributed by atoms with van der Waals surface area (Å²) < 4.78 is 32.7. The minimum atomic E-state index is -2.07. The first-order chi connectivity index (χ1) is 9.27. The molecule has 1 aromatic rings. The Bertz CT molecular complexity index is 621. The standard InChI is InChI=1S/C13H11F2NO4/c1-6(17)16-12-10(18)11(19)13(2,20-12)9-7(14)4-3-5-8(9)15/h3-5,18H,1-2H3,(H,16,17). The van der Waals surface area contributed by atoms with Crippen LogP contribution in [-0.4, -0.2) is 16.8 Å². The molecule has 7 heteroatoms. The van der Waals surface area contributed by atoms with E-state index in [4.69, 9.17) is 4.74 Å². The summed E-state index contributed by atoms with van der Waals surface area (Å²) >= 11 is 0. The van der Waals surface area contributed by atoms with Crippen molar-refractivity contribution in [1.29, 1.82) is 0 Å². The van der Waals surface area contributed by atoms with Crippen LogP contribution in [0.25, 0.3) is 0 Å². The summed E-state index contributed by atoms with van der Waals surface area (Å²) in [6.07, 6.45) is 0. The van der Waals surface area contributed by atoms with Gasteiger partial charge in [0.2, 0.25) is 23.2 Å². The number of ketones is 1. The lowest BCUT2D eigenvalue weighted by Crippen LogP contribution is -2.34. The van der Waals surface area contributed by atoms with Gasteiger partial charge in [-0.25, -0.2) is 8.78 Å². The molecule has 1 amide bonds. The third kappa shape index (κ3) is 2.01. The van der Waals surface area contributed by atoms with E-state index in [0.29, 0.717) is 0 Å². The van der Waals surface area contributed by atoms with Crippen LogP contribution >= 0.6 is 0 Å². The number of hydrogen-bond acceptors (Lipinski definition) is 4. The highest BCUT2D eigenvalue weighted by Crippen LogP contribution is 2.39. The predicted molar refractivity (Wildman–Crippen MR) is 63.3 cm³/mol. The Morgan fingerprint density at radius 3 is 2.40 bits per heavy atom. The lowest BCUT2D eigenvalue weighted by molar-refractivity contribution is -0.133. The van der Waals surface area contributed by atoms with Crippen molar-refractivity contribution in [2.24, 2.45) is 0 Å². The van der Waals surface area contributed by atoms with E-state index in [1.807, 2.05) is 0 Å². The van der Waals surface area contributed by atoms with Crippen LogP contribution in [0.2, 0.25) is 0 Å². The molecule has 0 saturated heterocycles. The Kier molecular flexibility index (Phi) is 3.21. The number of halogens is 2. The van der Waals surface area contributed by atoms with Crippen LogP contribution in [0.15, 0.2) is 29.8 Å². The first-order valence-electron chi connectivity index (χ1n) is 5.66. The maximum atomic E-state index is 13.8. The van der Waals surface area contributed by atoms with E-state index < -0.39 is 46.1 Å². The molecule has 1 heterocycles. The predicted octanol–water partition coefficient (Wildman–Crippen LogP) is 1.64. The van der Waals surface area contributed by atoms with Gasteiger partial charge in [0.1, 0.15) is 11.6 Å². The normalized spacial score (nSPS) is 21.9. The second kappa shape index (κ2) is 4.59. The Labute approximate surface area is 112 Å². The van der Waals surface area contributed by atoms with Crippen LogP contribution in [0.5, 0.6) is 0 Å². The maximum absolute atomic E-state index is 13.8. The third-order valence-corrected chi connectivity index (χ3v) is 2.90. The summed E-state index contributed by atoms with van der Waals surface area (Å²) in [6.45, 7) is 2.25. The number of Topliss-reactive ketones (excluding diaryl/α,β-unsaturated/α-hetero) is 1. The number of carbonyl (C=O) groups is 2. The van der Waals surface area contributed by atoms with E-state index in [9.17, 15) is 23.5 Å². The van der Waals surface area contributed by atoms with Gasteiger partial charge in [-0.2, -0.15) is 0 Å². The molecular formula is C13H11F2NO4. The molecule has 1 aromatic carbocycles. The van der Waals surface area contributed by atoms with Gasteiger partial charge in [-0.1, -0.05) is 6.07 Å². The van der Waals surface area contributed by atoms with Gasteiger partial charge in [0.05, 0.1) is 5.56 Å². The highest BCUT2D eigenvalue weighted by Gasteiger charge is 2.51. The number of carbonyl (C=O) groups excluding carboxylic acids is 2. The highest BCUT2D eigenvalue weighted by atomic mass is 19.1. The van der Waals surface area contributed by atoms with Crippen molar-refractivity contribution in [3.05, 3.63) is 47.0 Å². The van der Waals surface area contributed by atoms with Crippen LogP contribution < -0.4 is 5.32 Å². The van der Waals surface area contributed by atoms with Gasteiger partial charge in [0.25, 0.3) is 5.78 Å². The van der Waals surface area contributed by atoms with Gasteiger partial charge in [0, 0.05) is 6.92 Å². The number of nitrogens with one attached hydrogen (secondary N) is 1. The van der Waals surface area contributed by atoms with Crippen LogP contribution in [0.1, 0.15) is 19.4 Å². The molecule has 20 heavy (non-hydrogen) atoms. The molecule has 0 saturated carbocycles. The fourth-order valence-electron chi connectivity index (χ4n) is 1.99.